The molecule has 0 fully saturated rings. The number of pyridine rings is 1. The lowest BCUT2D eigenvalue weighted by molar-refractivity contribution is 0.570. The lowest BCUT2D eigenvalue weighted by Crippen LogP contribution is -1.79. The summed E-state index contributed by atoms with van der Waals surface area (Å²) in [6.07, 6.45) is 3.03. The van der Waals surface area contributed by atoms with E-state index >= 15 is 0 Å². The summed E-state index contributed by atoms with van der Waals surface area (Å²) >= 11 is 0. The van der Waals surface area contributed by atoms with Crippen molar-refractivity contribution in [3.05, 3.63) is 42.1 Å². The SMILES string of the molecule is O=C=Cc1cnc2ccccc2c1. The van der Waals surface area contributed by atoms with Crippen LogP contribution in [0.4, 0.5) is 0 Å². The van der Waals surface area contributed by atoms with E-state index in [-0.39, 0.29) is 0 Å². The highest BCUT2D eigenvalue weighted by Crippen LogP contribution is 2.12. The van der Waals surface area contributed by atoms with Crippen LogP contribution in [0.25, 0.3) is 17.0 Å². The molecule has 0 aliphatic carbocycles. The Morgan fingerprint density at radius 2 is 2.15 bits per heavy atom. The van der Waals surface area contributed by atoms with Crippen LogP contribution < -0.4 is 0 Å². The molecule has 0 aliphatic heterocycles. The minimum absolute atomic E-state index is 0.786. The van der Waals surface area contributed by atoms with E-state index in [0.29, 0.717) is 0 Å². The molecule has 0 atom stereocenters. The van der Waals surface area contributed by atoms with E-state index in [0.717, 1.165) is 16.5 Å². The van der Waals surface area contributed by atoms with Crippen molar-refractivity contribution < 1.29 is 4.79 Å². The molecule has 1 heterocycles. The third kappa shape index (κ3) is 1.48. The van der Waals surface area contributed by atoms with E-state index in [4.69, 9.17) is 0 Å². The highest BCUT2D eigenvalue weighted by molar-refractivity contribution is 5.83. The summed E-state index contributed by atoms with van der Waals surface area (Å²) in [4.78, 5) is 14.3. The van der Waals surface area contributed by atoms with Crippen LogP contribution in [-0.4, -0.2) is 10.9 Å². The lowest BCUT2D eigenvalue weighted by atomic mass is 10.1. The van der Waals surface area contributed by atoms with Crippen LogP contribution >= 0.6 is 0 Å². The number of aromatic nitrogens is 1. The molecular formula is C11H7NO. The molecule has 0 amide bonds. The Hall–Kier alpha value is -1.92. The van der Waals surface area contributed by atoms with Crippen LogP contribution in [0.5, 0.6) is 0 Å². The van der Waals surface area contributed by atoms with Crippen molar-refractivity contribution in [2.75, 3.05) is 0 Å². The third-order valence-corrected chi connectivity index (χ3v) is 1.84. The summed E-state index contributed by atoms with van der Waals surface area (Å²) in [6.45, 7) is 0. The molecule has 0 unspecified atom stereocenters. The minimum atomic E-state index is 0.786. The molecule has 0 aliphatic rings. The van der Waals surface area contributed by atoms with Gasteiger partial charge in [0.05, 0.1) is 5.52 Å². The molecule has 0 radical (unpaired) electrons. The van der Waals surface area contributed by atoms with Gasteiger partial charge in [-0.1, -0.05) is 18.2 Å². The molecule has 62 valence electrons. The first kappa shape index (κ1) is 7.71. The first-order valence-electron chi connectivity index (χ1n) is 3.96. The van der Waals surface area contributed by atoms with Crippen molar-refractivity contribution in [3.8, 4) is 0 Å². The van der Waals surface area contributed by atoms with E-state index < -0.39 is 0 Å². The van der Waals surface area contributed by atoms with Crippen LogP contribution in [0, 0.1) is 0 Å². The maximum Gasteiger partial charge on any atom is 0.125 e. The Kier molecular flexibility index (Phi) is 1.91. The summed E-state index contributed by atoms with van der Waals surface area (Å²) in [5.74, 6) is 1.73. The number of rotatable bonds is 1. The molecule has 2 aromatic rings. The Labute approximate surface area is 75.5 Å². The Bertz CT molecular complexity index is 484. The molecule has 0 saturated carbocycles. The average molecular weight is 169 g/mol. The quantitative estimate of drug-likeness (QED) is 0.612. The highest BCUT2D eigenvalue weighted by Gasteiger charge is 1.93. The summed E-state index contributed by atoms with van der Waals surface area (Å²) in [5.41, 5.74) is 1.72. The van der Waals surface area contributed by atoms with Crippen molar-refractivity contribution in [1.29, 1.82) is 0 Å². The zero-order chi connectivity index (χ0) is 9.10. The van der Waals surface area contributed by atoms with Crippen molar-refractivity contribution in [2.45, 2.75) is 0 Å². The smallest absolute Gasteiger partial charge is 0.125 e. The van der Waals surface area contributed by atoms with Gasteiger partial charge in [0.1, 0.15) is 5.94 Å². The highest BCUT2D eigenvalue weighted by atomic mass is 16.1. The van der Waals surface area contributed by atoms with Gasteiger partial charge in [0.25, 0.3) is 0 Å². The van der Waals surface area contributed by atoms with Crippen molar-refractivity contribution in [1.82, 2.24) is 4.98 Å². The fourth-order valence-electron chi connectivity index (χ4n) is 1.24. The van der Waals surface area contributed by atoms with E-state index in [1.54, 1.807) is 12.1 Å². The predicted octanol–water partition coefficient (Wildman–Crippen LogP) is 2.08. The number of nitrogens with zero attached hydrogens (tertiary/aromatic N) is 1. The topological polar surface area (TPSA) is 30.0 Å². The maximum atomic E-state index is 10.1. The van der Waals surface area contributed by atoms with Gasteiger partial charge in [-0.2, -0.15) is 0 Å². The zero-order valence-corrected chi connectivity index (χ0v) is 6.90. The van der Waals surface area contributed by atoms with Gasteiger partial charge in [0.2, 0.25) is 0 Å². The van der Waals surface area contributed by atoms with Crippen LogP contribution in [0.15, 0.2) is 36.5 Å². The molecule has 0 bridgehead atoms. The van der Waals surface area contributed by atoms with Gasteiger partial charge in [0.15, 0.2) is 0 Å². The fourth-order valence-corrected chi connectivity index (χ4v) is 1.24. The predicted molar refractivity (Wildman–Crippen MR) is 51.9 cm³/mol. The van der Waals surface area contributed by atoms with Gasteiger partial charge in [0, 0.05) is 23.2 Å². The number of hydrogen-bond acceptors (Lipinski definition) is 2. The largest absolute Gasteiger partial charge is 0.256 e. The molecule has 0 saturated heterocycles. The van der Waals surface area contributed by atoms with Crippen LogP contribution in [-0.2, 0) is 4.79 Å². The average Bonchev–Trinajstić information content (AvgIpc) is 2.18. The first-order valence-corrected chi connectivity index (χ1v) is 3.96. The van der Waals surface area contributed by atoms with Crippen molar-refractivity contribution in [3.63, 3.8) is 0 Å². The summed E-state index contributed by atoms with van der Waals surface area (Å²) in [6, 6.07) is 9.68. The molecule has 1 aromatic heterocycles. The molecule has 2 rings (SSSR count). The summed E-state index contributed by atoms with van der Waals surface area (Å²) in [5, 5.41) is 1.03. The minimum Gasteiger partial charge on any atom is -0.256 e. The maximum absolute atomic E-state index is 10.1. The fraction of sp³-hybridized carbons (Fsp3) is 0. The van der Waals surface area contributed by atoms with E-state index in [2.05, 4.69) is 4.98 Å². The second kappa shape index (κ2) is 3.21. The number of para-hydroxylation sites is 1. The molecule has 0 spiro atoms. The van der Waals surface area contributed by atoms with Gasteiger partial charge >= 0.3 is 0 Å². The number of hydrogen-bond donors (Lipinski definition) is 0. The number of carbonyl (C=O) groups excluding carboxylic acids is 1. The van der Waals surface area contributed by atoms with Gasteiger partial charge in [-0.05, 0) is 12.1 Å². The normalized spacial score (nSPS) is 9.54. The monoisotopic (exact) mass is 169 g/mol. The van der Waals surface area contributed by atoms with E-state index in [1.807, 2.05) is 30.3 Å². The molecule has 13 heavy (non-hydrogen) atoms. The summed E-state index contributed by atoms with van der Waals surface area (Å²) in [7, 11) is 0. The van der Waals surface area contributed by atoms with E-state index in [1.165, 1.54) is 6.08 Å². The third-order valence-electron chi connectivity index (χ3n) is 1.84. The zero-order valence-electron chi connectivity index (χ0n) is 6.90. The first-order chi connectivity index (χ1) is 6.40. The number of benzene rings is 1. The van der Waals surface area contributed by atoms with Crippen molar-refractivity contribution in [2.24, 2.45) is 0 Å². The van der Waals surface area contributed by atoms with Gasteiger partial charge in [-0.25, -0.2) is 4.79 Å². The Morgan fingerprint density at radius 1 is 1.31 bits per heavy atom. The summed E-state index contributed by atoms with van der Waals surface area (Å²) < 4.78 is 0. The van der Waals surface area contributed by atoms with Crippen molar-refractivity contribution >= 4 is 22.9 Å². The van der Waals surface area contributed by atoms with Gasteiger partial charge in [-0.3, -0.25) is 4.98 Å². The number of fused-ring (bicyclic) bond motifs is 1. The van der Waals surface area contributed by atoms with Crippen LogP contribution in [0.3, 0.4) is 0 Å². The second-order valence-electron chi connectivity index (χ2n) is 2.72. The van der Waals surface area contributed by atoms with Crippen LogP contribution in [0.2, 0.25) is 0 Å². The molecule has 2 nitrogen and oxygen atoms in total. The van der Waals surface area contributed by atoms with Crippen LogP contribution in [0.1, 0.15) is 5.56 Å². The molecule has 2 heteroatoms. The Balaban J connectivity index is 2.68. The standard InChI is InChI=1S/C11H7NO/c13-6-5-9-7-10-3-1-2-4-11(10)12-8-9/h1-5,7-8H. The molecule has 0 N–H and O–H groups in total. The van der Waals surface area contributed by atoms with E-state index in [9.17, 15) is 4.79 Å². The molecule has 1 aromatic carbocycles. The Morgan fingerprint density at radius 3 is 3.00 bits per heavy atom. The van der Waals surface area contributed by atoms with Gasteiger partial charge in [-0.15, -0.1) is 0 Å². The van der Waals surface area contributed by atoms with Gasteiger partial charge < -0.3 is 0 Å². The second-order valence-corrected chi connectivity index (χ2v) is 2.72. The molecular weight excluding hydrogens is 162 g/mol. The lowest BCUT2D eigenvalue weighted by Gasteiger charge is -1.96.